The number of aryl methyl sites for hydroxylation is 1. The number of anilines is 2. The number of nitrogens with two attached hydrogens (primary N) is 1. The van der Waals surface area contributed by atoms with Crippen LogP contribution in [0.3, 0.4) is 0 Å². The van der Waals surface area contributed by atoms with Gasteiger partial charge in [0, 0.05) is 17.4 Å². The topological polar surface area (TPSA) is 95.6 Å². The molecule has 5 N–H and O–H groups in total. The number of carboxylic acid groups (broad SMARTS) is 1. The van der Waals surface area contributed by atoms with Crippen molar-refractivity contribution in [2.45, 2.75) is 19.9 Å². The van der Waals surface area contributed by atoms with E-state index in [2.05, 4.69) is 5.32 Å². The molecule has 0 radical (unpaired) electrons. The summed E-state index contributed by atoms with van der Waals surface area (Å²) < 4.78 is 0. The van der Waals surface area contributed by atoms with Crippen LogP contribution in [-0.4, -0.2) is 28.8 Å². The minimum absolute atomic E-state index is 0.0220. The van der Waals surface area contributed by atoms with Crippen molar-refractivity contribution < 1.29 is 15.0 Å². The van der Waals surface area contributed by atoms with E-state index in [0.29, 0.717) is 11.3 Å². The van der Waals surface area contributed by atoms with Crippen molar-refractivity contribution in [1.82, 2.24) is 0 Å². The zero-order valence-corrected chi connectivity index (χ0v) is 9.32. The molecule has 0 amide bonds. The van der Waals surface area contributed by atoms with Gasteiger partial charge >= 0.3 is 5.97 Å². The van der Waals surface area contributed by atoms with Crippen molar-refractivity contribution in [3.63, 3.8) is 0 Å². The molecule has 5 heteroatoms. The van der Waals surface area contributed by atoms with E-state index in [1.165, 1.54) is 6.07 Å². The first-order valence-corrected chi connectivity index (χ1v) is 4.96. The Morgan fingerprint density at radius 3 is 2.69 bits per heavy atom. The minimum Gasteiger partial charge on any atom is -0.478 e. The molecule has 0 heterocycles. The van der Waals surface area contributed by atoms with E-state index in [1.54, 1.807) is 19.9 Å². The van der Waals surface area contributed by atoms with Gasteiger partial charge < -0.3 is 21.3 Å². The van der Waals surface area contributed by atoms with Gasteiger partial charge in [0.15, 0.2) is 0 Å². The Bertz CT molecular complexity index is 404. The summed E-state index contributed by atoms with van der Waals surface area (Å²) >= 11 is 0. The predicted molar refractivity (Wildman–Crippen MR) is 62.7 cm³/mol. The van der Waals surface area contributed by atoms with Crippen LogP contribution in [0.25, 0.3) is 0 Å². The third-order valence-corrected chi connectivity index (χ3v) is 2.30. The Balaban J connectivity index is 3.09. The first kappa shape index (κ1) is 12.3. The van der Waals surface area contributed by atoms with Crippen LogP contribution in [0.2, 0.25) is 0 Å². The summed E-state index contributed by atoms with van der Waals surface area (Å²) in [5.41, 5.74) is 7.35. The van der Waals surface area contributed by atoms with Gasteiger partial charge in [0.1, 0.15) is 0 Å². The molecule has 5 nitrogen and oxygen atoms in total. The van der Waals surface area contributed by atoms with Crippen molar-refractivity contribution in [2.24, 2.45) is 0 Å². The Kier molecular flexibility index (Phi) is 3.73. The van der Waals surface area contributed by atoms with Crippen LogP contribution in [0, 0.1) is 6.92 Å². The molecular weight excluding hydrogens is 208 g/mol. The summed E-state index contributed by atoms with van der Waals surface area (Å²) in [5, 5.41) is 20.8. The van der Waals surface area contributed by atoms with Gasteiger partial charge in [0.25, 0.3) is 0 Å². The van der Waals surface area contributed by atoms with E-state index >= 15 is 0 Å². The van der Waals surface area contributed by atoms with E-state index in [-0.39, 0.29) is 23.9 Å². The highest BCUT2D eigenvalue weighted by Gasteiger charge is 2.12. The molecule has 0 saturated heterocycles. The molecule has 0 saturated carbocycles. The number of hydrogen-bond acceptors (Lipinski definition) is 4. The van der Waals surface area contributed by atoms with Crippen LogP contribution in [0.5, 0.6) is 0 Å². The lowest BCUT2D eigenvalue weighted by molar-refractivity contribution is 0.0698. The SMILES string of the molecule is Cc1cc(NC(C)CO)cc(C(=O)O)c1N. The van der Waals surface area contributed by atoms with Gasteiger partial charge in [-0.2, -0.15) is 0 Å². The molecule has 1 unspecified atom stereocenters. The summed E-state index contributed by atoms with van der Waals surface area (Å²) in [7, 11) is 0. The highest BCUT2D eigenvalue weighted by atomic mass is 16.4. The largest absolute Gasteiger partial charge is 0.478 e. The molecule has 1 aromatic carbocycles. The number of nitrogens with one attached hydrogen (secondary N) is 1. The van der Waals surface area contributed by atoms with Crippen molar-refractivity contribution >= 4 is 17.3 Å². The molecule has 0 aliphatic heterocycles. The summed E-state index contributed by atoms with van der Waals surface area (Å²) in [6.07, 6.45) is 0. The quantitative estimate of drug-likeness (QED) is 0.574. The Morgan fingerprint density at radius 1 is 1.56 bits per heavy atom. The number of benzene rings is 1. The fourth-order valence-corrected chi connectivity index (χ4v) is 1.39. The Morgan fingerprint density at radius 2 is 2.19 bits per heavy atom. The molecular formula is C11H16N2O3. The Labute approximate surface area is 93.9 Å². The van der Waals surface area contributed by atoms with Crippen molar-refractivity contribution in [1.29, 1.82) is 0 Å². The van der Waals surface area contributed by atoms with Crippen molar-refractivity contribution in [3.05, 3.63) is 23.3 Å². The van der Waals surface area contributed by atoms with Crippen LogP contribution >= 0.6 is 0 Å². The summed E-state index contributed by atoms with van der Waals surface area (Å²) in [6, 6.07) is 3.09. The Hall–Kier alpha value is -1.75. The summed E-state index contributed by atoms with van der Waals surface area (Å²) in [4.78, 5) is 10.9. The van der Waals surface area contributed by atoms with Crippen LogP contribution in [0.15, 0.2) is 12.1 Å². The standard InChI is InChI=1S/C11H16N2O3/c1-6-3-8(13-7(2)5-14)4-9(10(6)12)11(15)16/h3-4,7,13-14H,5,12H2,1-2H3,(H,15,16). The van der Waals surface area contributed by atoms with E-state index in [0.717, 1.165) is 0 Å². The smallest absolute Gasteiger partial charge is 0.337 e. The number of hydrogen-bond donors (Lipinski definition) is 4. The molecule has 1 aromatic rings. The fraction of sp³-hybridized carbons (Fsp3) is 0.364. The van der Waals surface area contributed by atoms with Crippen LogP contribution in [-0.2, 0) is 0 Å². The molecule has 0 aromatic heterocycles. The van der Waals surface area contributed by atoms with Gasteiger partial charge in [-0.25, -0.2) is 4.79 Å². The molecule has 0 aliphatic rings. The normalized spacial score (nSPS) is 12.2. The predicted octanol–water partition coefficient (Wildman–Crippen LogP) is 1.07. The summed E-state index contributed by atoms with van der Waals surface area (Å²) in [6.45, 7) is 3.52. The average molecular weight is 224 g/mol. The molecule has 0 aliphatic carbocycles. The zero-order chi connectivity index (χ0) is 12.3. The minimum atomic E-state index is -1.05. The van der Waals surface area contributed by atoms with Gasteiger partial charge in [-0.15, -0.1) is 0 Å². The number of carboxylic acids is 1. The van der Waals surface area contributed by atoms with E-state index in [1.807, 2.05) is 0 Å². The lowest BCUT2D eigenvalue weighted by Crippen LogP contribution is -2.19. The lowest BCUT2D eigenvalue weighted by atomic mass is 10.1. The molecule has 16 heavy (non-hydrogen) atoms. The lowest BCUT2D eigenvalue weighted by Gasteiger charge is -2.15. The number of aliphatic hydroxyl groups is 1. The highest BCUT2D eigenvalue weighted by molar-refractivity contribution is 5.95. The van der Waals surface area contributed by atoms with E-state index < -0.39 is 5.97 Å². The van der Waals surface area contributed by atoms with Crippen molar-refractivity contribution in [3.8, 4) is 0 Å². The highest BCUT2D eigenvalue weighted by Crippen LogP contribution is 2.23. The van der Waals surface area contributed by atoms with Crippen LogP contribution in [0.1, 0.15) is 22.8 Å². The monoisotopic (exact) mass is 224 g/mol. The molecule has 0 spiro atoms. The molecule has 1 atom stereocenters. The van der Waals surface area contributed by atoms with Gasteiger partial charge in [-0.3, -0.25) is 0 Å². The first-order chi connectivity index (χ1) is 7.45. The number of nitrogen functional groups attached to an aromatic ring is 1. The number of carbonyl (C=O) groups is 1. The van der Waals surface area contributed by atoms with Gasteiger partial charge in [0.2, 0.25) is 0 Å². The number of rotatable bonds is 4. The van der Waals surface area contributed by atoms with Gasteiger partial charge in [-0.05, 0) is 31.5 Å². The number of aliphatic hydroxyl groups excluding tert-OH is 1. The van der Waals surface area contributed by atoms with E-state index in [4.69, 9.17) is 15.9 Å². The molecule has 0 bridgehead atoms. The average Bonchev–Trinajstić information content (AvgIpc) is 2.22. The van der Waals surface area contributed by atoms with Crippen molar-refractivity contribution in [2.75, 3.05) is 17.7 Å². The second-order valence-electron chi connectivity index (χ2n) is 3.79. The maximum atomic E-state index is 10.9. The number of aromatic carboxylic acids is 1. The second-order valence-corrected chi connectivity index (χ2v) is 3.79. The van der Waals surface area contributed by atoms with Crippen LogP contribution < -0.4 is 11.1 Å². The molecule has 88 valence electrons. The third-order valence-electron chi connectivity index (χ3n) is 2.30. The van der Waals surface area contributed by atoms with Gasteiger partial charge in [-0.1, -0.05) is 0 Å². The fourth-order valence-electron chi connectivity index (χ4n) is 1.39. The maximum absolute atomic E-state index is 10.9. The maximum Gasteiger partial charge on any atom is 0.337 e. The van der Waals surface area contributed by atoms with E-state index in [9.17, 15) is 4.79 Å². The summed E-state index contributed by atoms with van der Waals surface area (Å²) in [5.74, 6) is -1.05. The first-order valence-electron chi connectivity index (χ1n) is 4.96. The molecule has 0 fully saturated rings. The van der Waals surface area contributed by atoms with Crippen LogP contribution in [0.4, 0.5) is 11.4 Å². The molecule has 1 rings (SSSR count). The second kappa shape index (κ2) is 4.85. The zero-order valence-electron chi connectivity index (χ0n) is 9.32. The van der Waals surface area contributed by atoms with Gasteiger partial charge in [0.05, 0.1) is 12.2 Å². The third kappa shape index (κ3) is 2.64.